The number of amides is 1. The summed E-state index contributed by atoms with van der Waals surface area (Å²) in [6.45, 7) is 2.87. The number of allylic oxidation sites excluding steroid dienone is 1. The fraction of sp³-hybridized carbons (Fsp3) is 0.455. The summed E-state index contributed by atoms with van der Waals surface area (Å²) >= 11 is 0. The molecule has 2 fully saturated rings. The SMILES string of the molecule is CC1=C(c2ncc(C3CCCOC3)o2)C(=O)N2NC(C(F)(F)F)C(c3ccccc3)C2N1. The van der Waals surface area contributed by atoms with Crippen LogP contribution in [0.1, 0.15) is 48.8 Å². The second kappa shape index (κ2) is 7.93. The molecule has 3 aliphatic rings. The lowest BCUT2D eigenvalue weighted by Gasteiger charge is -2.34. The van der Waals surface area contributed by atoms with Gasteiger partial charge in [-0.25, -0.2) is 15.4 Å². The van der Waals surface area contributed by atoms with Crippen LogP contribution < -0.4 is 10.7 Å². The molecule has 0 saturated carbocycles. The molecule has 32 heavy (non-hydrogen) atoms. The Morgan fingerprint density at radius 2 is 2.00 bits per heavy atom. The second-order valence-electron chi connectivity index (χ2n) is 8.33. The standard InChI is InChI=1S/C22H23F3N4O3/c1-12-16(20-26-10-15(32-20)14-8-5-9-31-11-14)21(30)29-19(27-12)17(13-6-3-2-4-7-13)18(28-29)22(23,24)25/h2-4,6-7,10,14,17-19,27-28H,5,8-9,11H2,1H3. The molecule has 7 nitrogen and oxygen atoms in total. The van der Waals surface area contributed by atoms with Crippen LogP contribution in [-0.4, -0.2) is 47.5 Å². The van der Waals surface area contributed by atoms with Gasteiger partial charge in [-0.15, -0.1) is 0 Å². The van der Waals surface area contributed by atoms with E-state index in [-0.39, 0.29) is 17.4 Å². The highest BCUT2D eigenvalue weighted by Crippen LogP contribution is 2.42. The van der Waals surface area contributed by atoms with E-state index in [2.05, 4.69) is 15.7 Å². The highest BCUT2D eigenvalue weighted by molar-refractivity contribution is 6.19. The number of hydrogen-bond acceptors (Lipinski definition) is 6. The summed E-state index contributed by atoms with van der Waals surface area (Å²) in [6.07, 6.45) is -2.09. The van der Waals surface area contributed by atoms with Crippen LogP contribution >= 0.6 is 0 Å². The molecule has 2 N–H and O–H groups in total. The molecule has 2 saturated heterocycles. The third-order valence-corrected chi connectivity index (χ3v) is 6.26. The molecule has 1 aromatic carbocycles. The highest BCUT2D eigenvalue weighted by Gasteiger charge is 2.58. The van der Waals surface area contributed by atoms with Crippen LogP contribution in [0.25, 0.3) is 5.57 Å². The lowest BCUT2D eigenvalue weighted by molar-refractivity contribution is -0.161. The number of fused-ring (bicyclic) bond motifs is 1. The van der Waals surface area contributed by atoms with Gasteiger partial charge in [-0.2, -0.15) is 13.2 Å². The summed E-state index contributed by atoms with van der Waals surface area (Å²) in [5, 5.41) is 4.11. The Hall–Kier alpha value is -2.85. The number of carbonyl (C=O) groups is 1. The van der Waals surface area contributed by atoms with E-state index in [1.54, 1.807) is 43.5 Å². The molecule has 4 heterocycles. The predicted molar refractivity (Wildman–Crippen MR) is 108 cm³/mol. The van der Waals surface area contributed by atoms with Crippen LogP contribution in [0.15, 0.2) is 46.6 Å². The van der Waals surface area contributed by atoms with E-state index in [0.717, 1.165) is 17.9 Å². The van der Waals surface area contributed by atoms with Crippen molar-refractivity contribution in [2.24, 2.45) is 0 Å². The number of benzene rings is 1. The average molecular weight is 448 g/mol. The maximum absolute atomic E-state index is 13.9. The second-order valence-corrected chi connectivity index (χ2v) is 8.33. The first kappa shape index (κ1) is 21.0. The van der Waals surface area contributed by atoms with Gasteiger partial charge in [0.2, 0.25) is 5.89 Å². The first-order chi connectivity index (χ1) is 15.3. The molecule has 5 rings (SSSR count). The minimum atomic E-state index is -4.55. The average Bonchev–Trinajstić information content (AvgIpc) is 3.40. The molecule has 4 atom stereocenters. The molecule has 1 amide bonds. The third kappa shape index (κ3) is 3.57. The summed E-state index contributed by atoms with van der Waals surface area (Å²) in [7, 11) is 0. The molecular weight excluding hydrogens is 425 g/mol. The van der Waals surface area contributed by atoms with E-state index < -0.39 is 30.2 Å². The van der Waals surface area contributed by atoms with Crippen LogP contribution in [0.4, 0.5) is 13.2 Å². The number of carbonyl (C=O) groups excluding carboxylic acids is 1. The van der Waals surface area contributed by atoms with E-state index in [4.69, 9.17) is 9.15 Å². The van der Waals surface area contributed by atoms with Crippen LogP contribution in [0.5, 0.6) is 0 Å². The summed E-state index contributed by atoms with van der Waals surface area (Å²) in [5.41, 5.74) is 3.43. The minimum absolute atomic E-state index is 0.0484. The molecule has 0 bridgehead atoms. The van der Waals surface area contributed by atoms with Gasteiger partial charge in [0, 0.05) is 18.2 Å². The Kier molecular flexibility index (Phi) is 5.21. The number of nitrogens with zero attached hydrogens (tertiary/aromatic N) is 2. The number of hydrazine groups is 1. The third-order valence-electron chi connectivity index (χ3n) is 6.26. The zero-order valence-electron chi connectivity index (χ0n) is 17.4. The van der Waals surface area contributed by atoms with Crippen molar-refractivity contribution in [2.45, 2.75) is 50.0 Å². The number of halogens is 3. The van der Waals surface area contributed by atoms with E-state index in [1.807, 2.05) is 0 Å². The maximum Gasteiger partial charge on any atom is 0.406 e. The highest BCUT2D eigenvalue weighted by atomic mass is 19.4. The summed E-state index contributed by atoms with van der Waals surface area (Å²) in [6, 6.07) is 6.48. The van der Waals surface area contributed by atoms with Crippen molar-refractivity contribution in [3.8, 4) is 0 Å². The first-order valence-electron chi connectivity index (χ1n) is 10.6. The monoisotopic (exact) mass is 448 g/mol. The summed E-state index contributed by atoms with van der Waals surface area (Å²) in [5.74, 6) is -0.872. The van der Waals surface area contributed by atoms with Crippen LogP contribution in [-0.2, 0) is 9.53 Å². The van der Waals surface area contributed by atoms with E-state index in [0.29, 0.717) is 30.2 Å². The molecule has 170 valence electrons. The number of ether oxygens (including phenoxy) is 1. The summed E-state index contributed by atoms with van der Waals surface area (Å²) in [4.78, 5) is 17.6. The molecular formula is C22H23F3N4O3. The van der Waals surface area contributed by atoms with Crippen molar-refractivity contribution in [2.75, 3.05) is 13.2 Å². The Labute approximate surface area is 182 Å². The molecule has 0 radical (unpaired) electrons. The van der Waals surface area contributed by atoms with E-state index in [1.165, 1.54) is 0 Å². The number of oxazole rings is 1. The van der Waals surface area contributed by atoms with Crippen molar-refractivity contribution >= 4 is 11.5 Å². The number of nitrogens with one attached hydrogen (secondary N) is 2. The van der Waals surface area contributed by atoms with Gasteiger partial charge < -0.3 is 14.5 Å². The zero-order chi connectivity index (χ0) is 22.5. The smallest absolute Gasteiger partial charge is 0.406 e. The lowest BCUT2D eigenvalue weighted by atomic mass is 9.89. The van der Waals surface area contributed by atoms with Crippen molar-refractivity contribution in [1.82, 2.24) is 20.7 Å². The molecule has 0 aliphatic carbocycles. The quantitative estimate of drug-likeness (QED) is 0.750. The van der Waals surface area contributed by atoms with Gasteiger partial charge >= 0.3 is 6.18 Å². The maximum atomic E-state index is 13.9. The normalized spacial score (nSPS) is 28.6. The molecule has 3 aliphatic heterocycles. The molecule has 0 spiro atoms. The summed E-state index contributed by atoms with van der Waals surface area (Å²) < 4.78 is 53.1. The zero-order valence-corrected chi connectivity index (χ0v) is 17.4. The van der Waals surface area contributed by atoms with Gasteiger partial charge in [-0.1, -0.05) is 30.3 Å². The first-order valence-corrected chi connectivity index (χ1v) is 10.6. The molecule has 10 heteroatoms. The van der Waals surface area contributed by atoms with Crippen LogP contribution in [0.3, 0.4) is 0 Å². The number of rotatable bonds is 3. The fourth-order valence-corrected chi connectivity index (χ4v) is 4.70. The van der Waals surface area contributed by atoms with Crippen molar-refractivity contribution in [1.29, 1.82) is 0 Å². The van der Waals surface area contributed by atoms with Gasteiger partial charge in [0.15, 0.2) is 0 Å². The van der Waals surface area contributed by atoms with Crippen LogP contribution in [0.2, 0.25) is 0 Å². The minimum Gasteiger partial charge on any atom is -0.441 e. The Bertz CT molecular complexity index is 1030. The Morgan fingerprint density at radius 3 is 2.69 bits per heavy atom. The van der Waals surface area contributed by atoms with Gasteiger partial charge in [-0.05, 0) is 25.3 Å². The molecule has 4 unspecified atom stereocenters. The lowest BCUT2D eigenvalue weighted by Crippen LogP contribution is -2.54. The van der Waals surface area contributed by atoms with Crippen molar-refractivity contribution < 1.29 is 27.1 Å². The van der Waals surface area contributed by atoms with Gasteiger partial charge in [0.25, 0.3) is 5.91 Å². The Balaban J connectivity index is 1.48. The Morgan fingerprint density at radius 1 is 1.22 bits per heavy atom. The number of aromatic nitrogens is 1. The van der Waals surface area contributed by atoms with Gasteiger partial charge in [0.1, 0.15) is 23.5 Å². The number of alkyl halides is 3. The molecule has 2 aromatic rings. The predicted octanol–water partition coefficient (Wildman–Crippen LogP) is 3.29. The number of hydrogen-bond donors (Lipinski definition) is 2. The van der Waals surface area contributed by atoms with E-state index >= 15 is 0 Å². The topological polar surface area (TPSA) is 79.6 Å². The molecule has 1 aromatic heterocycles. The van der Waals surface area contributed by atoms with Gasteiger partial charge in [0.05, 0.1) is 18.7 Å². The van der Waals surface area contributed by atoms with E-state index in [9.17, 15) is 18.0 Å². The largest absolute Gasteiger partial charge is 0.441 e. The van der Waals surface area contributed by atoms with Crippen molar-refractivity contribution in [3.05, 3.63) is 59.4 Å². The van der Waals surface area contributed by atoms with Gasteiger partial charge in [-0.3, -0.25) is 4.79 Å². The van der Waals surface area contributed by atoms with Crippen molar-refractivity contribution in [3.63, 3.8) is 0 Å². The fourth-order valence-electron chi connectivity index (χ4n) is 4.70. The van der Waals surface area contributed by atoms with Crippen LogP contribution in [0, 0.1) is 0 Å².